The fourth-order valence-corrected chi connectivity index (χ4v) is 1.30. The van der Waals surface area contributed by atoms with Crippen molar-refractivity contribution in [1.29, 1.82) is 0 Å². The number of unbranched alkanes of at least 4 members (excludes halogenated alkanes) is 4. The van der Waals surface area contributed by atoms with Gasteiger partial charge in [0.15, 0.2) is 11.6 Å². The van der Waals surface area contributed by atoms with Gasteiger partial charge in [-0.2, -0.15) is 54.0 Å². The zero-order valence-electron chi connectivity index (χ0n) is 14.0. The van der Waals surface area contributed by atoms with Crippen LogP contribution in [0.2, 0.25) is 0 Å². The van der Waals surface area contributed by atoms with E-state index in [1.54, 1.807) is 0 Å². The lowest BCUT2D eigenvalue weighted by Crippen LogP contribution is -1.90. The maximum absolute atomic E-state index is 10.6. The fourth-order valence-electron chi connectivity index (χ4n) is 1.30. The van der Waals surface area contributed by atoms with Gasteiger partial charge in [0.05, 0.1) is 0 Å². The van der Waals surface area contributed by atoms with Crippen molar-refractivity contribution in [2.45, 2.75) is 65.2 Å². The van der Waals surface area contributed by atoms with Gasteiger partial charge >= 0.3 is 0 Å². The van der Waals surface area contributed by atoms with Gasteiger partial charge in [0.2, 0.25) is 0 Å². The summed E-state index contributed by atoms with van der Waals surface area (Å²) in [4.78, 5) is 21.1. The largest absolute Gasteiger partial charge is 0.295 e. The monoisotopic (exact) mass is 388 g/mol. The molecular weight excluding hydrogens is 352 g/mol. The number of carbonyl (C=O) groups excluding carboxylic acids is 2. The summed E-state index contributed by atoms with van der Waals surface area (Å²) in [5.41, 5.74) is 0. The van der Waals surface area contributed by atoms with E-state index in [1.165, 1.54) is 25.0 Å². The van der Waals surface area contributed by atoms with Gasteiger partial charge in [-0.3, -0.25) is 9.59 Å². The normalized spacial score (nSPS) is 7.36. The van der Waals surface area contributed by atoms with Crippen molar-refractivity contribution in [3.63, 3.8) is 0 Å². The first kappa shape index (κ1) is 38.0. The van der Waals surface area contributed by atoms with Crippen LogP contribution in [0.1, 0.15) is 65.2 Å². The van der Waals surface area contributed by atoms with Crippen molar-refractivity contribution in [3.05, 3.63) is 25.3 Å². The van der Waals surface area contributed by atoms with E-state index >= 15 is 0 Å². The van der Waals surface area contributed by atoms with Gasteiger partial charge in [-0.15, -0.1) is 0 Å². The molecule has 136 valence electrons. The van der Waals surface area contributed by atoms with Gasteiger partial charge < -0.3 is 0 Å². The lowest BCUT2D eigenvalue weighted by Gasteiger charge is -1.91. The fraction of sp³-hybridized carbons (Fsp3) is 0.625. The number of carbonyl (C=O) groups is 2. The van der Waals surface area contributed by atoms with Crippen LogP contribution in [0, 0.1) is 0 Å². The molecule has 0 unspecified atom stereocenters. The highest BCUT2D eigenvalue weighted by atomic mass is 32.1. The van der Waals surface area contributed by atoms with Gasteiger partial charge in [0, 0.05) is 12.8 Å². The summed E-state index contributed by atoms with van der Waals surface area (Å²) in [6.45, 7) is 11.0. The van der Waals surface area contributed by atoms with E-state index in [0.717, 1.165) is 25.7 Å². The predicted octanol–water partition coefficient (Wildman–Crippen LogP) is 5.09. The van der Waals surface area contributed by atoms with Crippen LogP contribution in [-0.2, 0) is 9.59 Å². The van der Waals surface area contributed by atoms with E-state index in [1.807, 2.05) is 0 Å². The molecule has 0 amide bonds. The molecule has 22 heavy (non-hydrogen) atoms. The smallest absolute Gasteiger partial charge is 0.155 e. The zero-order valence-corrected chi connectivity index (χ0v) is 18.0. The first-order chi connectivity index (χ1) is 8.62. The van der Waals surface area contributed by atoms with Gasteiger partial charge in [-0.25, -0.2) is 0 Å². The highest BCUT2D eigenvalue weighted by molar-refractivity contribution is 7.59. The lowest BCUT2D eigenvalue weighted by molar-refractivity contribution is -0.115. The molecule has 0 saturated carbocycles. The minimum Gasteiger partial charge on any atom is -0.295 e. The van der Waals surface area contributed by atoms with Crippen LogP contribution in [0.15, 0.2) is 25.3 Å². The van der Waals surface area contributed by atoms with E-state index < -0.39 is 0 Å². The second-order valence-electron chi connectivity index (χ2n) is 4.26. The molecule has 0 aliphatic carbocycles. The minimum absolute atomic E-state index is 0. The molecule has 0 aliphatic heterocycles. The number of hydrogen-bond acceptors (Lipinski definition) is 2. The van der Waals surface area contributed by atoms with Crippen molar-refractivity contribution in [1.82, 2.24) is 0 Å². The molecule has 0 N–H and O–H groups in total. The molecule has 0 aromatic rings. The quantitative estimate of drug-likeness (QED) is 0.385. The molecule has 0 atom stereocenters. The average molecular weight is 389 g/mol. The van der Waals surface area contributed by atoms with Crippen LogP contribution >= 0.6 is 54.0 Å². The maximum Gasteiger partial charge on any atom is 0.155 e. The van der Waals surface area contributed by atoms with Crippen LogP contribution in [0.25, 0.3) is 0 Å². The highest BCUT2D eigenvalue weighted by Gasteiger charge is 1.93. The molecule has 0 radical (unpaired) electrons. The first-order valence-electron chi connectivity index (χ1n) is 6.92. The number of ketones is 2. The van der Waals surface area contributed by atoms with Crippen molar-refractivity contribution in [2.75, 3.05) is 0 Å². The molecule has 0 spiro atoms. The van der Waals surface area contributed by atoms with Crippen molar-refractivity contribution in [3.8, 4) is 0 Å². The van der Waals surface area contributed by atoms with Crippen LogP contribution in [0.3, 0.4) is 0 Å². The molecule has 2 nitrogen and oxygen atoms in total. The molecule has 6 heteroatoms. The predicted molar refractivity (Wildman–Crippen MR) is 120 cm³/mol. The van der Waals surface area contributed by atoms with Crippen molar-refractivity contribution < 1.29 is 9.59 Å². The van der Waals surface area contributed by atoms with Crippen molar-refractivity contribution >= 4 is 65.5 Å². The number of hydrogen-bond donors (Lipinski definition) is 0. The first-order valence-corrected chi connectivity index (χ1v) is 6.92. The van der Waals surface area contributed by atoms with Crippen LogP contribution < -0.4 is 0 Å². The Morgan fingerprint density at radius 1 is 0.682 bits per heavy atom. The molecule has 0 aliphatic rings. The Balaban J connectivity index is -0.0000000492. The molecule has 0 heterocycles. The summed E-state index contributed by atoms with van der Waals surface area (Å²) in [6.07, 6.45) is 10.8. The Bertz CT molecular complexity index is 231. The Kier molecular flexibility index (Phi) is 57.0. The molecule has 0 bridgehead atoms. The minimum atomic E-state index is 0. The molecular formula is C16H36O2S4. The summed E-state index contributed by atoms with van der Waals surface area (Å²) >= 11 is 0. The molecule has 0 saturated heterocycles. The maximum atomic E-state index is 10.6. The second kappa shape index (κ2) is 33.0. The molecule has 0 aromatic carbocycles. The summed E-state index contributed by atoms with van der Waals surface area (Å²) < 4.78 is 0. The standard InChI is InChI=1S/2C8H14O.4H2S/c2*1-3-5-6-7-8(9)4-2;;;;/h2*4H,2-3,5-7H2,1H3;4*1H2. The number of allylic oxidation sites excluding steroid dienone is 2. The SMILES string of the molecule is C=CC(=O)CCCCC.C=CC(=O)CCCCC.S.S.S.S. The highest BCUT2D eigenvalue weighted by Crippen LogP contribution is 1.99. The Labute approximate surface area is 165 Å². The van der Waals surface area contributed by atoms with Gasteiger partial charge in [-0.05, 0) is 25.0 Å². The number of rotatable bonds is 10. The third-order valence-corrected chi connectivity index (χ3v) is 2.51. The topological polar surface area (TPSA) is 34.1 Å². The van der Waals surface area contributed by atoms with E-state index in [-0.39, 0.29) is 65.5 Å². The second-order valence-corrected chi connectivity index (χ2v) is 4.26. The molecule has 0 aromatic heterocycles. The van der Waals surface area contributed by atoms with Crippen LogP contribution in [0.4, 0.5) is 0 Å². The zero-order chi connectivity index (χ0) is 14.2. The summed E-state index contributed by atoms with van der Waals surface area (Å²) in [5, 5.41) is 0. The summed E-state index contributed by atoms with van der Waals surface area (Å²) in [6, 6.07) is 0. The average Bonchev–Trinajstić information content (AvgIpc) is 2.39. The molecule has 0 rings (SSSR count). The van der Waals surface area contributed by atoms with Crippen LogP contribution in [0.5, 0.6) is 0 Å². The van der Waals surface area contributed by atoms with Gasteiger partial charge in [0.1, 0.15) is 0 Å². The Hall–Kier alpha value is 0.220. The summed E-state index contributed by atoms with van der Waals surface area (Å²) in [5.74, 6) is 0.340. The van der Waals surface area contributed by atoms with E-state index in [2.05, 4.69) is 27.0 Å². The van der Waals surface area contributed by atoms with Gasteiger partial charge in [0.25, 0.3) is 0 Å². The summed E-state index contributed by atoms with van der Waals surface area (Å²) in [7, 11) is 0. The van der Waals surface area contributed by atoms with E-state index in [0.29, 0.717) is 12.8 Å². The van der Waals surface area contributed by atoms with Gasteiger partial charge in [-0.1, -0.05) is 52.7 Å². The van der Waals surface area contributed by atoms with Crippen LogP contribution in [-0.4, -0.2) is 11.6 Å². The van der Waals surface area contributed by atoms with Crippen molar-refractivity contribution in [2.24, 2.45) is 0 Å². The third kappa shape index (κ3) is 36.9. The van der Waals surface area contributed by atoms with E-state index in [9.17, 15) is 9.59 Å². The lowest BCUT2D eigenvalue weighted by atomic mass is 10.1. The third-order valence-electron chi connectivity index (χ3n) is 2.51. The molecule has 0 fully saturated rings. The Morgan fingerprint density at radius 2 is 0.955 bits per heavy atom. The van der Waals surface area contributed by atoms with E-state index in [4.69, 9.17) is 0 Å². The Morgan fingerprint density at radius 3 is 1.14 bits per heavy atom.